The van der Waals surface area contributed by atoms with E-state index in [1.807, 2.05) is 97.1 Å². The minimum atomic E-state index is 0.772. The van der Waals surface area contributed by atoms with E-state index in [4.69, 9.17) is 37.9 Å². The van der Waals surface area contributed by atoms with Gasteiger partial charge in [0, 0.05) is 101 Å². The van der Waals surface area contributed by atoms with Gasteiger partial charge in [-0.05, 0) is 278 Å². The van der Waals surface area contributed by atoms with Crippen LogP contribution in [0.2, 0.25) is 0 Å². The van der Waals surface area contributed by atoms with Gasteiger partial charge in [0.2, 0.25) is 0 Å². The predicted molar refractivity (Wildman–Crippen MR) is 432 cm³/mol. The van der Waals surface area contributed by atoms with Crippen molar-refractivity contribution in [3.8, 4) is 68.5 Å². The average Bonchev–Trinajstić information content (AvgIpc) is 1.59. The Hall–Kier alpha value is -13.7. The summed E-state index contributed by atoms with van der Waals surface area (Å²) in [6.45, 7) is 0. The van der Waals surface area contributed by atoms with E-state index in [1.54, 1.807) is 56.9 Å². The molecule has 14 heteroatoms. The van der Waals surface area contributed by atoms with Gasteiger partial charge in [0.05, 0.1) is 78.9 Å². The first-order chi connectivity index (χ1) is 52.1. The maximum Gasteiger partial charge on any atom is 0.119 e. The fraction of sp³-hybridized carbons (Fsp3) is 0.0870. The summed E-state index contributed by atoms with van der Waals surface area (Å²) in [4.78, 5) is 9.07. The normalized spacial score (nSPS) is 11.2. The standard InChI is InChI=1S/C92H76N6O8/c1-99-77-37-17-63(18-38-77)93(64-19-39-78(100-2)40-20-64)73-33-53-85-86-54-34-74(94(65-21-41-79(101-3)42-22-65)66-23-43-80(102-4)44-24-66)58-90(86)97(89(85)57-73)71-13-9-61(10-14-71)62-11-15-72(16-12-62)98-91-59-75(95(67-25-45-81(103-5)46-26-67)68-27-47-82(104-6)48-28-68)35-55-87(91)88-56-36-76(60-92(88)98)96(69-29-49-83(105-7)50-30-69)70-31-51-84(106-8)52-32-70/h9-60H,1-8H3. The highest BCUT2D eigenvalue weighted by Crippen LogP contribution is 2.47. The summed E-state index contributed by atoms with van der Waals surface area (Å²) in [6.07, 6.45) is 0. The van der Waals surface area contributed by atoms with Crippen molar-refractivity contribution in [2.45, 2.75) is 0 Å². The fourth-order valence-corrected chi connectivity index (χ4v) is 14.3. The first-order valence-corrected chi connectivity index (χ1v) is 34.8. The number of aromatic nitrogens is 2. The number of fused-ring (bicyclic) bond motifs is 6. The summed E-state index contributed by atoms with van der Waals surface area (Å²) >= 11 is 0. The molecule has 0 saturated heterocycles. The smallest absolute Gasteiger partial charge is 0.119 e. The van der Waals surface area contributed by atoms with Gasteiger partial charge >= 0.3 is 0 Å². The van der Waals surface area contributed by atoms with Gasteiger partial charge in [-0.15, -0.1) is 0 Å². The highest BCUT2D eigenvalue weighted by molar-refractivity contribution is 6.13. The molecule has 0 saturated carbocycles. The van der Waals surface area contributed by atoms with Crippen molar-refractivity contribution >= 4 is 112 Å². The second kappa shape index (κ2) is 29.0. The van der Waals surface area contributed by atoms with E-state index < -0.39 is 0 Å². The molecule has 0 radical (unpaired) electrons. The van der Waals surface area contributed by atoms with E-state index in [0.717, 1.165) is 180 Å². The maximum absolute atomic E-state index is 5.66. The van der Waals surface area contributed by atoms with Gasteiger partial charge in [0.15, 0.2) is 0 Å². The van der Waals surface area contributed by atoms with Gasteiger partial charge in [-0.25, -0.2) is 0 Å². The van der Waals surface area contributed by atoms with Crippen LogP contribution >= 0.6 is 0 Å². The van der Waals surface area contributed by atoms with E-state index in [2.05, 4.69) is 247 Å². The topological polar surface area (TPSA) is 96.7 Å². The van der Waals surface area contributed by atoms with Crippen LogP contribution < -0.4 is 57.5 Å². The van der Waals surface area contributed by atoms with E-state index in [-0.39, 0.29) is 0 Å². The van der Waals surface area contributed by atoms with Crippen molar-refractivity contribution < 1.29 is 37.9 Å². The zero-order valence-corrected chi connectivity index (χ0v) is 60.0. The van der Waals surface area contributed by atoms with Crippen LogP contribution in [0, 0.1) is 0 Å². The first-order valence-electron chi connectivity index (χ1n) is 34.8. The van der Waals surface area contributed by atoms with Crippen molar-refractivity contribution in [2.24, 2.45) is 0 Å². The molecule has 0 atom stereocenters. The molecule has 0 aliphatic carbocycles. The Kier molecular flexibility index (Phi) is 18.3. The number of methoxy groups -OCH3 is 8. The molecule has 0 fully saturated rings. The molecule has 0 spiro atoms. The summed E-state index contributed by atoms with van der Waals surface area (Å²) < 4.78 is 50.0. The Labute approximate surface area is 615 Å². The minimum absolute atomic E-state index is 0.772. The molecule has 0 aliphatic rings. The highest BCUT2D eigenvalue weighted by atomic mass is 16.5. The molecule has 16 aromatic rings. The predicted octanol–water partition coefficient (Wildman–Crippen LogP) is 23.5. The third kappa shape index (κ3) is 12.7. The average molecular weight is 1390 g/mol. The number of hydrogen-bond acceptors (Lipinski definition) is 12. The Balaban J connectivity index is 0.846. The molecule has 0 N–H and O–H groups in total. The number of rotatable bonds is 23. The van der Waals surface area contributed by atoms with Crippen LogP contribution in [0.3, 0.4) is 0 Å². The molecule has 522 valence electrons. The lowest BCUT2D eigenvalue weighted by atomic mass is 10.0. The molecule has 14 nitrogen and oxygen atoms in total. The molecule has 2 aromatic heterocycles. The number of benzene rings is 14. The van der Waals surface area contributed by atoms with Crippen molar-refractivity contribution in [3.63, 3.8) is 0 Å². The van der Waals surface area contributed by atoms with Crippen molar-refractivity contribution in [2.75, 3.05) is 76.5 Å². The lowest BCUT2D eigenvalue weighted by Crippen LogP contribution is -2.10. The number of hydrogen-bond donors (Lipinski definition) is 0. The molecule has 0 amide bonds. The summed E-state index contributed by atoms with van der Waals surface area (Å²) in [7, 11) is 13.5. The summed E-state index contributed by atoms with van der Waals surface area (Å²) in [5.41, 5.74) is 19.8. The number of anilines is 12. The third-order valence-electron chi connectivity index (χ3n) is 19.7. The Bertz CT molecular complexity index is 4910. The van der Waals surface area contributed by atoms with Gasteiger partial charge in [0.1, 0.15) is 46.0 Å². The largest absolute Gasteiger partial charge is 0.497 e. The summed E-state index contributed by atoms with van der Waals surface area (Å²) in [5, 5.41) is 4.40. The quantitative estimate of drug-likeness (QED) is 0.0610. The van der Waals surface area contributed by atoms with Crippen molar-refractivity contribution in [1.29, 1.82) is 0 Å². The molecule has 2 heterocycles. The highest BCUT2D eigenvalue weighted by Gasteiger charge is 2.25. The molecule has 0 bridgehead atoms. The Morgan fingerprint density at radius 1 is 0.170 bits per heavy atom. The van der Waals surface area contributed by atoms with E-state index in [0.29, 0.717) is 0 Å². The van der Waals surface area contributed by atoms with Crippen LogP contribution in [0.4, 0.5) is 68.2 Å². The molecular formula is C92H76N6O8. The fourth-order valence-electron chi connectivity index (χ4n) is 14.3. The lowest BCUT2D eigenvalue weighted by Gasteiger charge is -2.26. The van der Waals surface area contributed by atoms with Gasteiger partial charge in [0.25, 0.3) is 0 Å². The van der Waals surface area contributed by atoms with Gasteiger partial charge < -0.3 is 66.6 Å². The molecule has 0 aliphatic heterocycles. The van der Waals surface area contributed by atoms with Gasteiger partial charge in [-0.3, -0.25) is 0 Å². The second-order valence-electron chi connectivity index (χ2n) is 25.5. The molecule has 0 unspecified atom stereocenters. The van der Waals surface area contributed by atoms with E-state index in [9.17, 15) is 0 Å². The van der Waals surface area contributed by atoms with Crippen LogP contribution in [-0.4, -0.2) is 66.0 Å². The Morgan fingerprint density at radius 2 is 0.321 bits per heavy atom. The first kappa shape index (κ1) is 66.8. The van der Waals surface area contributed by atoms with Crippen LogP contribution in [0.1, 0.15) is 0 Å². The molecule has 16 rings (SSSR count). The van der Waals surface area contributed by atoms with E-state index in [1.165, 1.54) is 0 Å². The third-order valence-corrected chi connectivity index (χ3v) is 19.7. The summed E-state index contributed by atoms with van der Waals surface area (Å²) in [5.74, 6) is 6.17. The summed E-state index contributed by atoms with van der Waals surface area (Å²) in [6, 6.07) is 110. The van der Waals surface area contributed by atoms with Gasteiger partial charge in [-0.1, -0.05) is 48.5 Å². The van der Waals surface area contributed by atoms with Crippen LogP contribution in [0.15, 0.2) is 315 Å². The van der Waals surface area contributed by atoms with Crippen LogP contribution in [0.25, 0.3) is 66.1 Å². The minimum Gasteiger partial charge on any atom is -0.497 e. The van der Waals surface area contributed by atoms with Crippen LogP contribution in [0.5, 0.6) is 46.0 Å². The second-order valence-corrected chi connectivity index (χ2v) is 25.5. The SMILES string of the molecule is COc1ccc(N(c2ccc(OC)cc2)c2ccc3c4ccc(N(c5ccc(OC)cc5)c5ccc(OC)cc5)cc4n(-c4ccc(-c5ccc(-n6c7cc(N(c8ccc(OC)cc8)c8ccc(OC)cc8)ccc7c7ccc(N(c8ccc(OC)cc8)c8ccc(OC)cc8)cc76)cc5)cc4)c3c2)cc1. The molecule has 14 aromatic carbocycles. The number of ether oxygens (including phenoxy) is 8. The lowest BCUT2D eigenvalue weighted by molar-refractivity contribution is 0.414. The molecular weight excluding hydrogens is 1320 g/mol. The zero-order chi connectivity index (χ0) is 72.4. The maximum atomic E-state index is 5.66. The van der Waals surface area contributed by atoms with Crippen molar-refractivity contribution in [1.82, 2.24) is 9.13 Å². The van der Waals surface area contributed by atoms with Gasteiger partial charge in [-0.2, -0.15) is 0 Å². The monoisotopic (exact) mass is 1390 g/mol. The zero-order valence-electron chi connectivity index (χ0n) is 60.0. The van der Waals surface area contributed by atoms with E-state index >= 15 is 0 Å². The molecule has 106 heavy (non-hydrogen) atoms. The van der Waals surface area contributed by atoms with Crippen LogP contribution in [-0.2, 0) is 0 Å². The van der Waals surface area contributed by atoms with Crippen molar-refractivity contribution in [3.05, 3.63) is 315 Å². The Morgan fingerprint density at radius 3 is 0.472 bits per heavy atom. The number of nitrogens with zero attached hydrogens (tertiary/aromatic N) is 6.